The first-order chi connectivity index (χ1) is 20.7. The Labute approximate surface area is 253 Å². The van der Waals surface area contributed by atoms with Gasteiger partial charge in [-0.3, -0.25) is 0 Å². The third-order valence-corrected chi connectivity index (χ3v) is 8.14. The number of rotatable bonds is 9. The van der Waals surface area contributed by atoms with E-state index in [9.17, 15) is 0 Å². The summed E-state index contributed by atoms with van der Waals surface area (Å²) in [4.78, 5) is 3.61. The van der Waals surface area contributed by atoms with Crippen molar-refractivity contribution in [2.45, 2.75) is 13.3 Å². The molecule has 0 aliphatic rings. The molecule has 5 aromatic carbocycles. The summed E-state index contributed by atoms with van der Waals surface area (Å²) >= 11 is 1.75. The molecule has 1 nitrogen and oxygen atoms in total. The minimum atomic E-state index is 0.933. The molecule has 0 aliphatic heterocycles. The lowest BCUT2D eigenvalue weighted by Crippen LogP contribution is -2.11. The molecule has 0 unspecified atom stereocenters. The van der Waals surface area contributed by atoms with Gasteiger partial charge in [0.1, 0.15) is 0 Å². The van der Waals surface area contributed by atoms with Crippen LogP contribution in [0.5, 0.6) is 0 Å². The minimum absolute atomic E-state index is 0.933. The molecule has 0 N–H and O–H groups in total. The van der Waals surface area contributed by atoms with Crippen molar-refractivity contribution in [1.82, 2.24) is 0 Å². The molecule has 6 rings (SSSR count). The van der Waals surface area contributed by atoms with Crippen LogP contribution in [0.2, 0.25) is 0 Å². The van der Waals surface area contributed by atoms with Gasteiger partial charge in [-0.25, -0.2) is 0 Å². The number of nitrogens with zero attached hydrogens (tertiary/aromatic N) is 1. The van der Waals surface area contributed by atoms with Crippen LogP contribution in [-0.2, 0) is 6.42 Å². The molecule has 6 aromatic rings. The highest BCUT2D eigenvalue weighted by atomic mass is 32.1. The van der Waals surface area contributed by atoms with E-state index in [4.69, 9.17) is 0 Å². The molecule has 0 saturated carbocycles. The fourth-order valence-corrected chi connectivity index (χ4v) is 5.74. The van der Waals surface area contributed by atoms with E-state index in [2.05, 4.69) is 181 Å². The third-order valence-electron chi connectivity index (χ3n) is 7.31. The summed E-state index contributed by atoms with van der Waals surface area (Å²) in [5, 5.41) is 2.10. The Bertz CT molecular complexity index is 1760. The van der Waals surface area contributed by atoms with E-state index < -0.39 is 0 Å². The van der Waals surface area contributed by atoms with Crippen LogP contribution in [0.1, 0.15) is 38.3 Å². The molecular weight excluding hydrogens is 527 g/mol. The van der Waals surface area contributed by atoms with Gasteiger partial charge in [-0.2, -0.15) is 0 Å². The molecule has 2 heteroatoms. The summed E-state index contributed by atoms with van der Waals surface area (Å²) in [5.74, 6) is 0. The highest BCUT2D eigenvalue weighted by Gasteiger charge is 2.15. The largest absolute Gasteiger partial charge is 0.310 e. The van der Waals surface area contributed by atoms with Crippen molar-refractivity contribution in [2.75, 3.05) is 4.90 Å². The standard InChI is InChI=1S/C40H33NS/c1-31-29-36(30-35-9-4-2-5-10-35)23-27-40(31)41(37-11-6-3-7-12-37)38-24-20-34(21-25-38)19-16-32-14-17-33(18-15-32)22-26-39-13-8-28-42-39/h2-29H,30H2,1H3. The molecule has 0 fully saturated rings. The van der Waals surface area contributed by atoms with Gasteiger partial charge in [-0.1, -0.05) is 121 Å². The van der Waals surface area contributed by atoms with E-state index in [0.717, 1.165) is 17.8 Å². The van der Waals surface area contributed by atoms with Crippen LogP contribution in [0.25, 0.3) is 24.3 Å². The number of anilines is 3. The lowest BCUT2D eigenvalue weighted by atomic mass is 10.0. The van der Waals surface area contributed by atoms with Gasteiger partial charge in [0.2, 0.25) is 0 Å². The first-order valence-corrected chi connectivity index (χ1v) is 15.2. The monoisotopic (exact) mass is 559 g/mol. The lowest BCUT2D eigenvalue weighted by molar-refractivity contribution is 1.17. The van der Waals surface area contributed by atoms with Crippen molar-refractivity contribution in [3.63, 3.8) is 0 Å². The Hall–Kier alpha value is -4.92. The van der Waals surface area contributed by atoms with E-state index in [1.807, 2.05) is 0 Å². The van der Waals surface area contributed by atoms with Crippen molar-refractivity contribution in [3.05, 3.63) is 183 Å². The maximum atomic E-state index is 2.34. The maximum Gasteiger partial charge on any atom is 0.0490 e. The molecule has 0 saturated heterocycles. The highest BCUT2D eigenvalue weighted by Crippen LogP contribution is 2.37. The summed E-state index contributed by atoms with van der Waals surface area (Å²) in [6.45, 7) is 2.21. The van der Waals surface area contributed by atoms with Crippen LogP contribution in [0.4, 0.5) is 17.1 Å². The Morgan fingerprint density at radius 1 is 0.524 bits per heavy atom. The van der Waals surface area contributed by atoms with Crippen molar-refractivity contribution >= 4 is 52.7 Å². The van der Waals surface area contributed by atoms with Crippen LogP contribution in [0.15, 0.2) is 145 Å². The number of thiophene rings is 1. The molecule has 0 aliphatic carbocycles. The van der Waals surface area contributed by atoms with E-state index in [0.29, 0.717) is 0 Å². The van der Waals surface area contributed by atoms with Gasteiger partial charge >= 0.3 is 0 Å². The summed E-state index contributed by atoms with van der Waals surface area (Å²) in [6, 6.07) is 49.8. The quantitative estimate of drug-likeness (QED) is 0.159. The highest BCUT2D eigenvalue weighted by molar-refractivity contribution is 7.10. The summed E-state index contributed by atoms with van der Waals surface area (Å²) < 4.78 is 0. The fourth-order valence-electron chi connectivity index (χ4n) is 5.12. The Kier molecular flexibility index (Phi) is 8.54. The number of hydrogen-bond donors (Lipinski definition) is 0. The first-order valence-electron chi connectivity index (χ1n) is 14.3. The van der Waals surface area contributed by atoms with Gasteiger partial charge in [0.15, 0.2) is 0 Å². The molecule has 42 heavy (non-hydrogen) atoms. The number of aryl methyl sites for hydroxylation is 1. The molecule has 0 bridgehead atoms. The van der Waals surface area contributed by atoms with Crippen LogP contribution < -0.4 is 4.90 Å². The predicted octanol–water partition coefficient (Wildman–Crippen LogP) is 11.5. The molecule has 204 valence electrons. The van der Waals surface area contributed by atoms with Crippen molar-refractivity contribution < 1.29 is 0 Å². The Morgan fingerprint density at radius 2 is 1.10 bits per heavy atom. The smallest absolute Gasteiger partial charge is 0.0490 e. The van der Waals surface area contributed by atoms with Crippen LogP contribution in [0.3, 0.4) is 0 Å². The summed E-state index contributed by atoms with van der Waals surface area (Å²) in [6.07, 6.45) is 9.61. The SMILES string of the molecule is Cc1cc(Cc2ccccc2)ccc1N(c1ccccc1)c1ccc(C=Cc2ccc(C=Cc3cccs3)cc2)cc1. The van der Waals surface area contributed by atoms with Gasteiger partial charge in [-0.05, 0) is 94.6 Å². The zero-order valence-electron chi connectivity index (χ0n) is 23.7. The average Bonchev–Trinajstić information content (AvgIpc) is 3.56. The van der Waals surface area contributed by atoms with E-state index in [1.165, 1.54) is 43.9 Å². The van der Waals surface area contributed by atoms with E-state index >= 15 is 0 Å². The fraction of sp³-hybridized carbons (Fsp3) is 0.0500. The number of para-hydroxylation sites is 1. The van der Waals surface area contributed by atoms with Gasteiger partial charge in [-0.15, -0.1) is 11.3 Å². The van der Waals surface area contributed by atoms with Crippen molar-refractivity contribution in [3.8, 4) is 0 Å². The number of hydrogen-bond acceptors (Lipinski definition) is 2. The Morgan fingerprint density at radius 3 is 1.69 bits per heavy atom. The maximum absolute atomic E-state index is 2.34. The summed E-state index contributed by atoms with van der Waals surface area (Å²) in [5.41, 5.74) is 10.9. The second-order valence-electron chi connectivity index (χ2n) is 10.4. The summed E-state index contributed by atoms with van der Waals surface area (Å²) in [7, 11) is 0. The van der Waals surface area contributed by atoms with Crippen LogP contribution in [-0.4, -0.2) is 0 Å². The number of benzene rings is 5. The molecule has 1 aromatic heterocycles. The van der Waals surface area contributed by atoms with Crippen LogP contribution >= 0.6 is 11.3 Å². The predicted molar refractivity (Wildman–Crippen MR) is 184 cm³/mol. The van der Waals surface area contributed by atoms with Gasteiger partial charge < -0.3 is 4.90 Å². The molecule has 0 amide bonds. The normalized spacial score (nSPS) is 11.4. The van der Waals surface area contributed by atoms with Crippen molar-refractivity contribution in [1.29, 1.82) is 0 Å². The first kappa shape index (κ1) is 27.3. The average molecular weight is 560 g/mol. The van der Waals surface area contributed by atoms with Crippen LogP contribution in [0, 0.1) is 6.92 Å². The molecule has 0 spiro atoms. The molecule has 0 atom stereocenters. The molecule has 1 heterocycles. The topological polar surface area (TPSA) is 3.24 Å². The molecular formula is C40H33NS. The van der Waals surface area contributed by atoms with Gasteiger partial charge in [0.05, 0.1) is 0 Å². The second kappa shape index (κ2) is 13.2. The third kappa shape index (κ3) is 6.86. The molecule has 0 radical (unpaired) electrons. The van der Waals surface area contributed by atoms with Gasteiger partial charge in [0.25, 0.3) is 0 Å². The van der Waals surface area contributed by atoms with Gasteiger partial charge in [0, 0.05) is 21.9 Å². The lowest BCUT2D eigenvalue weighted by Gasteiger charge is -2.27. The minimum Gasteiger partial charge on any atom is -0.310 e. The van der Waals surface area contributed by atoms with E-state index in [-0.39, 0.29) is 0 Å². The second-order valence-corrected chi connectivity index (χ2v) is 11.4. The van der Waals surface area contributed by atoms with Crippen molar-refractivity contribution in [2.24, 2.45) is 0 Å². The Balaban J connectivity index is 1.20. The zero-order chi connectivity index (χ0) is 28.6. The van der Waals surface area contributed by atoms with E-state index in [1.54, 1.807) is 11.3 Å². The zero-order valence-corrected chi connectivity index (χ0v) is 24.5.